The summed E-state index contributed by atoms with van der Waals surface area (Å²) in [5.74, 6) is -3.14. The average molecular weight is 448 g/mol. The standard InChI is InChI=1S/C17H33N7O5S/c1-9(2)6-11(16(28)29)24-14(26)10(4-3-5-21-17(19)20)23-15(27)12(8-30)22-13(25)7-18/h9-12,30H,3-8,18H2,1-2H3,(H,22,25)(H,23,27)(H,24,26)(H,28,29)(H4,19,20,21). The van der Waals surface area contributed by atoms with Crippen molar-refractivity contribution in [3.05, 3.63) is 0 Å². The summed E-state index contributed by atoms with van der Waals surface area (Å²) in [6.07, 6.45) is 0.715. The maximum atomic E-state index is 12.7. The molecule has 13 heteroatoms. The number of hydrogen-bond acceptors (Lipinski definition) is 7. The number of carboxylic acid groups (broad SMARTS) is 1. The molecular formula is C17H33N7O5S. The second-order valence-corrected chi connectivity index (χ2v) is 7.41. The molecule has 0 aromatic carbocycles. The first-order valence-corrected chi connectivity index (χ1v) is 10.1. The van der Waals surface area contributed by atoms with E-state index >= 15 is 0 Å². The first-order valence-electron chi connectivity index (χ1n) is 9.51. The van der Waals surface area contributed by atoms with E-state index in [1.807, 2.05) is 13.8 Å². The van der Waals surface area contributed by atoms with Gasteiger partial charge >= 0.3 is 5.97 Å². The van der Waals surface area contributed by atoms with Crippen molar-refractivity contribution in [2.45, 2.75) is 51.2 Å². The van der Waals surface area contributed by atoms with Crippen molar-refractivity contribution >= 4 is 42.3 Å². The number of hydrogen-bond donors (Lipinski definition) is 8. The van der Waals surface area contributed by atoms with Gasteiger partial charge in [-0.2, -0.15) is 12.6 Å². The van der Waals surface area contributed by atoms with E-state index in [1.165, 1.54) is 0 Å². The van der Waals surface area contributed by atoms with E-state index in [1.54, 1.807) is 0 Å². The van der Waals surface area contributed by atoms with Crippen molar-refractivity contribution in [2.75, 3.05) is 18.8 Å². The van der Waals surface area contributed by atoms with E-state index in [9.17, 15) is 24.3 Å². The number of carboxylic acids is 1. The zero-order chi connectivity index (χ0) is 23.3. The summed E-state index contributed by atoms with van der Waals surface area (Å²) in [6.45, 7) is 3.56. The Morgan fingerprint density at radius 2 is 1.57 bits per heavy atom. The van der Waals surface area contributed by atoms with Crippen LogP contribution in [0.5, 0.6) is 0 Å². The summed E-state index contributed by atoms with van der Waals surface area (Å²) in [4.78, 5) is 51.9. The van der Waals surface area contributed by atoms with Gasteiger partial charge < -0.3 is 38.3 Å². The molecule has 0 saturated carbocycles. The van der Waals surface area contributed by atoms with Gasteiger partial charge in [-0.1, -0.05) is 13.8 Å². The van der Waals surface area contributed by atoms with Crippen LogP contribution in [-0.4, -0.2) is 71.7 Å². The van der Waals surface area contributed by atoms with Crippen molar-refractivity contribution < 1.29 is 24.3 Å². The molecule has 10 N–H and O–H groups in total. The first-order chi connectivity index (χ1) is 14.0. The Kier molecular flexibility index (Phi) is 13.2. The van der Waals surface area contributed by atoms with Crippen molar-refractivity contribution in [3.63, 3.8) is 0 Å². The monoisotopic (exact) mass is 447 g/mol. The van der Waals surface area contributed by atoms with Crippen LogP contribution in [0.4, 0.5) is 0 Å². The minimum atomic E-state index is -1.17. The van der Waals surface area contributed by atoms with E-state index in [4.69, 9.17) is 17.2 Å². The van der Waals surface area contributed by atoms with Gasteiger partial charge in [0.15, 0.2) is 5.96 Å². The first kappa shape index (κ1) is 27.5. The van der Waals surface area contributed by atoms with Crippen molar-refractivity contribution in [1.82, 2.24) is 16.0 Å². The second-order valence-electron chi connectivity index (χ2n) is 7.05. The van der Waals surface area contributed by atoms with Crippen LogP contribution in [0.25, 0.3) is 0 Å². The lowest BCUT2D eigenvalue weighted by Gasteiger charge is -2.24. The maximum absolute atomic E-state index is 12.7. The fourth-order valence-corrected chi connectivity index (χ4v) is 2.71. The molecule has 0 radical (unpaired) electrons. The number of aliphatic imine (C=N–C) groups is 1. The Morgan fingerprint density at radius 1 is 1.00 bits per heavy atom. The molecule has 0 aliphatic carbocycles. The molecule has 0 fully saturated rings. The highest BCUT2D eigenvalue weighted by atomic mass is 32.1. The normalized spacial score (nSPS) is 13.6. The molecule has 0 heterocycles. The summed E-state index contributed by atoms with van der Waals surface area (Å²) >= 11 is 4.03. The summed E-state index contributed by atoms with van der Waals surface area (Å²) in [7, 11) is 0. The molecule has 30 heavy (non-hydrogen) atoms. The number of amides is 3. The van der Waals surface area contributed by atoms with Crippen molar-refractivity contribution in [1.29, 1.82) is 0 Å². The fraction of sp³-hybridized carbons (Fsp3) is 0.706. The largest absolute Gasteiger partial charge is 0.480 e. The van der Waals surface area contributed by atoms with Gasteiger partial charge in [-0.25, -0.2) is 4.79 Å². The highest BCUT2D eigenvalue weighted by Crippen LogP contribution is 2.07. The Balaban J connectivity index is 5.29. The minimum Gasteiger partial charge on any atom is -0.480 e. The molecule has 12 nitrogen and oxygen atoms in total. The minimum absolute atomic E-state index is 0.0228. The number of nitrogens with zero attached hydrogens (tertiary/aromatic N) is 1. The molecule has 0 aliphatic rings. The SMILES string of the molecule is CC(C)CC(NC(=O)C(CCCN=C(N)N)NC(=O)C(CS)NC(=O)CN)C(=O)O. The molecule has 172 valence electrons. The quantitative estimate of drug-likeness (QED) is 0.0615. The van der Waals surface area contributed by atoms with E-state index in [-0.39, 0.29) is 43.6 Å². The van der Waals surface area contributed by atoms with Crippen LogP contribution in [0.2, 0.25) is 0 Å². The number of nitrogens with one attached hydrogen (secondary N) is 3. The van der Waals surface area contributed by atoms with Crippen LogP contribution in [0.3, 0.4) is 0 Å². The third-order valence-electron chi connectivity index (χ3n) is 3.92. The Labute approximate surface area is 181 Å². The summed E-state index contributed by atoms with van der Waals surface area (Å²) < 4.78 is 0. The van der Waals surface area contributed by atoms with Gasteiger partial charge in [0, 0.05) is 12.3 Å². The lowest BCUT2D eigenvalue weighted by Crippen LogP contribution is -2.56. The topological polar surface area (TPSA) is 215 Å². The molecule has 3 atom stereocenters. The Bertz CT molecular complexity index is 626. The molecule has 0 saturated heterocycles. The van der Waals surface area contributed by atoms with E-state index in [2.05, 4.69) is 33.6 Å². The molecule has 0 aromatic heterocycles. The number of rotatable bonds is 14. The Hall–Kier alpha value is -2.54. The van der Waals surface area contributed by atoms with E-state index in [0.29, 0.717) is 6.42 Å². The predicted octanol–water partition coefficient (Wildman–Crippen LogP) is -2.49. The number of carbonyl (C=O) groups is 4. The van der Waals surface area contributed by atoms with Crippen LogP contribution >= 0.6 is 12.6 Å². The van der Waals surface area contributed by atoms with Gasteiger partial charge in [-0.3, -0.25) is 19.4 Å². The van der Waals surface area contributed by atoms with Crippen molar-refractivity contribution in [3.8, 4) is 0 Å². The molecule has 0 aromatic rings. The zero-order valence-electron chi connectivity index (χ0n) is 17.3. The number of guanidine groups is 1. The highest BCUT2D eigenvalue weighted by molar-refractivity contribution is 7.80. The fourth-order valence-electron chi connectivity index (χ4n) is 2.46. The second kappa shape index (κ2) is 14.4. The van der Waals surface area contributed by atoms with Gasteiger partial charge in [-0.05, 0) is 25.2 Å². The van der Waals surface area contributed by atoms with E-state index in [0.717, 1.165) is 0 Å². The van der Waals surface area contributed by atoms with Crippen LogP contribution in [0.15, 0.2) is 4.99 Å². The average Bonchev–Trinajstić information content (AvgIpc) is 2.66. The number of thiol groups is 1. The number of nitrogens with two attached hydrogens (primary N) is 3. The smallest absolute Gasteiger partial charge is 0.326 e. The van der Waals surface area contributed by atoms with E-state index < -0.39 is 41.8 Å². The maximum Gasteiger partial charge on any atom is 0.326 e. The van der Waals surface area contributed by atoms with Gasteiger partial charge in [0.25, 0.3) is 0 Å². The third kappa shape index (κ3) is 11.5. The lowest BCUT2D eigenvalue weighted by atomic mass is 10.0. The molecular weight excluding hydrogens is 414 g/mol. The van der Waals surface area contributed by atoms with Crippen molar-refractivity contribution in [2.24, 2.45) is 28.1 Å². The van der Waals surface area contributed by atoms with Crippen LogP contribution < -0.4 is 33.2 Å². The molecule has 3 amide bonds. The van der Waals surface area contributed by atoms with Gasteiger partial charge in [-0.15, -0.1) is 0 Å². The number of carbonyl (C=O) groups excluding carboxylic acids is 3. The Morgan fingerprint density at radius 3 is 2.03 bits per heavy atom. The third-order valence-corrected chi connectivity index (χ3v) is 4.28. The molecule has 0 spiro atoms. The molecule has 0 rings (SSSR count). The van der Waals surface area contributed by atoms with Gasteiger partial charge in [0.2, 0.25) is 17.7 Å². The molecule has 0 bridgehead atoms. The van der Waals surface area contributed by atoms with Crippen LogP contribution in [0, 0.1) is 5.92 Å². The summed E-state index contributed by atoms with van der Waals surface area (Å²) in [5, 5.41) is 16.7. The highest BCUT2D eigenvalue weighted by Gasteiger charge is 2.29. The lowest BCUT2D eigenvalue weighted by molar-refractivity contribution is -0.142. The molecule has 3 unspecified atom stereocenters. The van der Waals surface area contributed by atoms with Gasteiger partial charge in [0.1, 0.15) is 18.1 Å². The zero-order valence-corrected chi connectivity index (χ0v) is 18.2. The van der Waals surface area contributed by atoms with Crippen LogP contribution in [0.1, 0.15) is 33.1 Å². The number of aliphatic carboxylic acids is 1. The van der Waals surface area contributed by atoms with Crippen LogP contribution in [-0.2, 0) is 19.2 Å². The summed E-state index contributed by atoms with van der Waals surface area (Å²) in [5.41, 5.74) is 15.8. The van der Waals surface area contributed by atoms with Gasteiger partial charge in [0.05, 0.1) is 6.54 Å². The molecule has 0 aliphatic heterocycles. The predicted molar refractivity (Wildman–Crippen MR) is 116 cm³/mol. The summed E-state index contributed by atoms with van der Waals surface area (Å²) in [6, 6.07) is -3.17.